The van der Waals surface area contributed by atoms with E-state index < -0.39 is 17.6 Å². The lowest BCUT2D eigenvalue weighted by Gasteiger charge is -2.43. The van der Waals surface area contributed by atoms with Gasteiger partial charge in [-0.25, -0.2) is 4.98 Å². The number of ether oxygens (including phenoxy) is 1. The van der Waals surface area contributed by atoms with Gasteiger partial charge in [0.05, 0.1) is 17.3 Å². The number of carbonyl (C=O) groups is 2. The minimum atomic E-state index is -2.02. The van der Waals surface area contributed by atoms with E-state index in [2.05, 4.69) is 30.9 Å². The summed E-state index contributed by atoms with van der Waals surface area (Å²) in [4.78, 5) is 34.1. The highest BCUT2D eigenvalue weighted by Gasteiger charge is 2.44. The lowest BCUT2D eigenvalue weighted by atomic mass is 9.68. The van der Waals surface area contributed by atoms with Crippen molar-refractivity contribution in [3.8, 4) is 5.75 Å². The van der Waals surface area contributed by atoms with E-state index in [-0.39, 0.29) is 11.3 Å². The number of ketones is 1. The van der Waals surface area contributed by atoms with Crippen molar-refractivity contribution in [1.29, 1.82) is 0 Å². The topological polar surface area (TPSA) is 77.3 Å². The van der Waals surface area contributed by atoms with Gasteiger partial charge >= 0.3 is 0 Å². The number of Topliss-reactive ketones (excluding diaryl/α,β-unsaturated/α-hetero) is 1. The summed E-state index contributed by atoms with van der Waals surface area (Å²) in [6, 6.07) is 3.65. The van der Waals surface area contributed by atoms with E-state index in [1.165, 1.54) is 11.3 Å². The lowest BCUT2D eigenvalue weighted by molar-refractivity contribution is 0.0522. The van der Waals surface area contributed by atoms with E-state index in [1.807, 2.05) is 27.0 Å². The molecule has 3 heterocycles. The van der Waals surface area contributed by atoms with Gasteiger partial charge in [0, 0.05) is 50.5 Å². The first-order valence-corrected chi connectivity index (χ1v) is 13.0. The third-order valence-electron chi connectivity index (χ3n) is 7.07. The Morgan fingerprint density at radius 1 is 1.29 bits per heavy atom. The summed E-state index contributed by atoms with van der Waals surface area (Å²) in [7, 11) is 1.86. The molecular formula is C27H34N4O3S. The molecule has 0 saturated carbocycles. The third-order valence-corrected chi connectivity index (χ3v) is 8.56. The lowest BCUT2D eigenvalue weighted by Crippen LogP contribution is -2.46. The maximum absolute atomic E-state index is 13.6. The molecule has 2 aliphatic rings. The molecule has 35 heavy (non-hydrogen) atoms. The molecule has 0 unspecified atom stereocenters. The van der Waals surface area contributed by atoms with Crippen LogP contribution in [0.4, 0.5) is 0 Å². The van der Waals surface area contributed by atoms with Crippen LogP contribution in [0.1, 0.15) is 86.1 Å². The molecule has 3 aromatic rings. The zero-order chi connectivity index (χ0) is 26.9. The van der Waals surface area contributed by atoms with Gasteiger partial charge < -0.3 is 9.64 Å². The first-order chi connectivity index (χ1) is 17.3. The second-order valence-corrected chi connectivity index (χ2v) is 11.8. The summed E-state index contributed by atoms with van der Waals surface area (Å²) in [5.74, 6) is -0.00203. The number of amides is 1. The van der Waals surface area contributed by atoms with Gasteiger partial charge in [-0.2, -0.15) is 5.10 Å². The normalized spacial score (nSPS) is 20.1. The van der Waals surface area contributed by atoms with Crippen LogP contribution in [0.25, 0.3) is 10.9 Å². The van der Waals surface area contributed by atoms with E-state index in [1.54, 1.807) is 15.6 Å². The summed E-state index contributed by atoms with van der Waals surface area (Å²) in [5, 5.41) is 6.24. The zero-order valence-electron chi connectivity index (χ0n) is 23.3. The number of benzene rings is 1. The standard InChI is InChI=1S/C27H34N4O3S/c1-7-34-20-13-17(12-18-16(2)29-30(6)23(18)20)24(33)31-10-8-27(9-11-31)14-19(32)22-21(15-27)35-25(28-22)26(3,4)5/h12-13H,7-11,14-15H2,1-6H3/i14D2. The van der Waals surface area contributed by atoms with E-state index in [9.17, 15) is 9.59 Å². The number of fused-ring (bicyclic) bond motifs is 2. The summed E-state index contributed by atoms with van der Waals surface area (Å²) >= 11 is 1.53. The highest BCUT2D eigenvalue weighted by Crippen LogP contribution is 2.46. The fourth-order valence-electron chi connectivity index (χ4n) is 5.18. The molecule has 186 valence electrons. The van der Waals surface area contributed by atoms with Gasteiger partial charge in [0.2, 0.25) is 0 Å². The first-order valence-electron chi connectivity index (χ1n) is 13.2. The van der Waals surface area contributed by atoms with Crippen LogP contribution >= 0.6 is 11.3 Å². The van der Waals surface area contributed by atoms with Crippen molar-refractivity contribution >= 4 is 33.9 Å². The molecule has 8 heteroatoms. The number of rotatable bonds is 3. The summed E-state index contributed by atoms with van der Waals surface area (Å²) in [6.45, 7) is 11.2. The van der Waals surface area contributed by atoms with Crippen molar-refractivity contribution in [2.45, 2.75) is 65.7 Å². The SMILES string of the molecule is [2H]C1([2H])C(=O)c2nc(C(C)(C)C)sc2CC12CCN(C(=O)c1cc(OCC)c3c(c1)c(C)nn3C)CC2. The number of piperidine rings is 1. The zero-order valence-corrected chi connectivity index (χ0v) is 22.1. The van der Waals surface area contributed by atoms with Crippen LogP contribution in [0.15, 0.2) is 12.1 Å². The first kappa shape index (κ1) is 21.5. The number of nitrogens with zero attached hydrogens (tertiary/aromatic N) is 4. The Labute approximate surface area is 213 Å². The van der Waals surface area contributed by atoms with Crippen molar-refractivity contribution in [1.82, 2.24) is 19.7 Å². The Balaban J connectivity index is 1.42. The molecule has 0 atom stereocenters. The molecular weight excluding hydrogens is 460 g/mol. The molecule has 0 N–H and O–H groups in total. The second-order valence-electron chi connectivity index (χ2n) is 10.8. The average Bonchev–Trinajstić information content (AvgIpc) is 3.39. The Morgan fingerprint density at radius 3 is 2.66 bits per heavy atom. The van der Waals surface area contributed by atoms with E-state index in [0.717, 1.165) is 26.5 Å². The molecule has 1 amide bonds. The van der Waals surface area contributed by atoms with Crippen molar-refractivity contribution in [3.05, 3.63) is 39.0 Å². The fraction of sp³-hybridized carbons (Fsp3) is 0.556. The summed E-state index contributed by atoms with van der Waals surface area (Å²) in [5.41, 5.74) is 1.48. The van der Waals surface area contributed by atoms with Crippen LogP contribution < -0.4 is 4.74 Å². The Bertz CT molecular complexity index is 1410. The number of aryl methyl sites for hydroxylation is 2. The quantitative estimate of drug-likeness (QED) is 0.505. The van der Waals surface area contributed by atoms with Crippen LogP contribution in [0.3, 0.4) is 0 Å². The van der Waals surface area contributed by atoms with Gasteiger partial charge in [0.25, 0.3) is 5.91 Å². The van der Waals surface area contributed by atoms with Crippen LogP contribution in [-0.2, 0) is 18.9 Å². The number of thiazole rings is 1. The smallest absolute Gasteiger partial charge is 0.254 e. The highest BCUT2D eigenvalue weighted by atomic mass is 32.1. The molecule has 1 fully saturated rings. The van der Waals surface area contributed by atoms with Crippen LogP contribution in [0.2, 0.25) is 0 Å². The Morgan fingerprint density at radius 2 is 2.00 bits per heavy atom. The van der Waals surface area contributed by atoms with Gasteiger partial charge in [-0.3, -0.25) is 14.3 Å². The molecule has 5 rings (SSSR count). The van der Waals surface area contributed by atoms with Crippen molar-refractivity contribution in [2.75, 3.05) is 19.7 Å². The van der Waals surface area contributed by atoms with Gasteiger partial charge in [-0.05, 0) is 50.7 Å². The van der Waals surface area contributed by atoms with Crippen molar-refractivity contribution in [2.24, 2.45) is 12.5 Å². The molecule has 1 aromatic carbocycles. The molecule has 1 saturated heterocycles. The van der Waals surface area contributed by atoms with E-state index >= 15 is 0 Å². The summed E-state index contributed by atoms with van der Waals surface area (Å²) in [6.07, 6.45) is -0.698. The minimum Gasteiger partial charge on any atom is -0.492 e. The highest BCUT2D eigenvalue weighted by molar-refractivity contribution is 7.12. The van der Waals surface area contributed by atoms with Gasteiger partial charge in [-0.1, -0.05) is 20.8 Å². The molecule has 2 aromatic heterocycles. The monoisotopic (exact) mass is 496 g/mol. The minimum absolute atomic E-state index is 0.114. The number of hydrogen-bond donors (Lipinski definition) is 0. The number of likely N-dealkylation sites (tertiary alicyclic amines) is 1. The molecule has 1 aliphatic heterocycles. The van der Waals surface area contributed by atoms with Gasteiger partial charge in [0.1, 0.15) is 17.0 Å². The molecule has 0 radical (unpaired) electrons. The predicted octanol–water partition coefficient (Wildman–Crippen LogP) is 5.09. The maximum Gasteiger partial charge on any atom is 0.254 e. The Kier molecular flexibility index (Phi) is 5.19. The second kappa shape index (κ2) is 8.43. The van der Waals surface area contributed by atoms with Crippen LogP contribution in [0, 0.1) is 12.3 Å². The number of carbonyl (C=O) groups excluding carboxylic acids is 2. The predicted molar refractivity (Wildman–Crippen MR) is 138 cm³/mol. The van der Waals surface area contributed by atoms with Crippen LogP contribution in [-0.4, -0.2) is 51.1 Å². The van der Waals surface area contributed by atoms with Gasteiger partial charge in [-0.15, -0.1) is 11.3 Å². The number of aromatic nitrogens is 3. The van der Waals surface area contributed by atoms with Crippen molar-refractivity contribution < 1.29 is 17.1 Å². The van der Waals surface area contributed by atoms with Gasteiger partial charge in [0.15, 0.2) is 5.78 Å². The van der Waals surface area contributed by atoms with Crippen molar-refractivity contribution in [3.63, 3.8) is 0 Å². The van der Waals surface area contributed by atoms with E-state index in [0.29, 0.717) is 56.0 Å². The van der Waals surface area contributed by atoms with E-state index in [4.69, 9.17) is 7.48 Å². The largest absolute Gasteiger partial charge is 0.492 e. The molecule has 7 nitrogen and oxygen atoms in total. The Hall–Kier alpha value is -2.74. The molecule has 1 aliphatic carbocycles. The average molecular weight is 497 g/mol. The summed E-state index contributed by atoms with van der Waals surface area (Å²) < 4.78 is 25.3. The molecule has 0 bridgehead atoms. The number of hydrogen-bond acceptors (Lipinski definition) is 6. The maximum atomic E-state index is 13.6. The fourth-order valence-corrected chi connectivity index (χ4v) is 6.44. The van der Waals surface area contributed by atoms with Crippen LogP contribution in [0.5, 0.6) is 5.75 Å². The third kappa shape index (κ3) is 4.15. The molecule has 1 spiro atoms.